The summed E-state index contributed by atoms with van der Waals surface area (Å²) in [6.45, 7) is 7.41. The Hall–Kier alpha value is -3.45. The number of hydrogen-bond donors (Lipinski definition) is 3. The van der Waals surface area contributed by atoms with Gasteiger partial charge in [-0.1, -0.05) is 94.9 Å². The largest absolute Gasteiger partial charge is 0.460 e. The fraction of sp³-hybridized carbons (Fsp3) is 0.660. The maximum absolute atomic E-state index is 13.2. The molecule has 2 aliphatic carbocycles. The van der Waals surface area contributed by atoms with E-state index in [9.17, 15) is 15.0 Å². The number of aromatic nitrogens is 2. The average molecular weight is 835 g/mol. The molecule has 6 atom stereocenters. The summed E-state index contributed by atoms with van der Waals surface area (Å²) in [5.41, 5.74) is 3.83. The molecule has 1 amide bonds. The summed E-state index contributed by atoms with van der Waals surface area (Å²) in [7, 11) is 1.59. The number of rotatable bonds is 28. The van der Waals surface area contributed by atoms with Crippen molar-refractivity contribution in [2.75, 3.05) is 39.2 Å². The number of carbonyl (C=O) groups excluding carboxylic acids is 1. The highest BCUT2D eigenvalue weighted by Gasteiger charge is 2.64. The minimum atomic E-state index is -1.07. The number of aliphatic hydroxyl groups excluding tert-OH is 2. The van der Waals surface area contributed by atoms with Crippen LogP contribution in [0.4, 0.5) is 4.79 Å². The number of unbranched alkanes of at least 4 members (excludes halogenated alkanes) is 11. The molecule has 326 valence electrons. The summed E-state index contributed by atoms with van der Waals surface area (Å²) < 4.78 is 20.2. The van der Waals surface area contributed by atoms with Crippen molar-refractivity contribution in [3.05, 3.63) is 72.4 Å². The van der Waals surface area contributed by atoms with E-state index in [1.54, 1.807) is 43.5 Å². The first kappa shape index (κ1) is 46.6. The average Bonchev–Trinajstić information content (AvgIpc) is 3.24. The number of aryl methyl sites for hydroxylation is 1. The van der Waals surface area contributed by atoms with Crippen molar-refractivity contribution in [2.45, 2.75) is 139 Å². The van der Waals surface area contributed by atoms with E-state index in [1.807, 2.05) is 18.2 Å². The molecule has 0 saturated heterocycles. The number of oxime groups is 1. The number of hydrogen-bond acceptors (Lipinski definition) is 11. The monoisotopic (exact) mass is 834 g/mol. The molecule has 0 spiro atoms. The number of ether oxygens (including phenoxy) is 3. The molecule has 59 heavy (non-hydrogen) atoms. The Balaban J connectivity index is 1.43. The lowest BCUT2D eigenvalue weighted by Gasteiger charge is -2.58. The molecule has 0 radical (unpaired) electrons. The topological polar surface area (TPSA) is 145 Å². The standard InChI is InChI=1S/C47H70N4O7S/c1-4-6-7-8-9-10-11-12-13-16-24-50-46(54)57-37-21-22-42-40(32-37)44-38(20-15-18-28-53)35(19-14-17-27-52)31-39-41(51-55-3)33-43(47(58-42,45(39)44)56-29-5-2)59-30-23-36-34-48-25-26-49-36/h5,21-22,25-26,31-32,34-35,38,43-45,52-53H,2,4,6-20,23-24,27-30,33H2,1,3H3,(H,50,54)/t35-,38+,43-,44+,45+,47+/m0/s1. The van der Waals surface area contributed by atoms with Crippen LogP contribution in [0.15, 0.2) is 66.2 Å². The van der Waals surface area contributed by atoms with E-state index >= 15 is 0 Å². The molecule has 2 heterocycles. The molecular formula is C47H70N4O7S. The molecule has 1 fully saturated rings. The summed E-state index contributed by atoms with van der Waals surface area (Å²) in [4.78, 5) is 27.5. The molecule has 11 nitrogen and oxygen atoms in total. The minimum Gasteiger partial charge on any atom is -0.460 e. The Morgan fingerprint density at radius 2 is 1.76 bits per heavy atom. The molecule has 1 aliphatic heterocycles. The van der Waals surface area contributed by atoms with Crippen LogP contribution in [0, 0.1) is 17.8 Å². The third-order valence-corrected chi connectivity index (χ3v) is 13.5. The van der Waals surface area contributed by atoms with Gasteiger partial charge in [0.1, 0.15) is 18.6 Å². The van der Waals surface area contributed by atoms with Crippen LogP contribution in [0.25, 0.3) is 0 Å². The first-order valence-corrected chi connectivity index (χ1v) is 23.5. The van der Waals surface area contributed by atoms with E-state index in [-0.39, 0.29) is 42.1 Å². The van der Waals surface area contributed by atoms with E-state index in [0.717, 1.165) is 79.7 Å². The van der Waals surface area contributed by atoms with Gasteiger partial charge in [-0.15, -0.1) is 6.58 Å². The van der Waals surface area contributed by atoms with Crippen LogP contribution in [0.5, 0.6) is 11.5 Å². The van der Waals surface area contributed by atoms with Crippen molar-refractivity contribution in [3.8, 4) is 11.5 Å². The molecule has 2 aromatic rings. The van der Waals surface area contributed by atoms with E-state index in [2.05, 4.69) is 40.0 Å². The predicted molar refractivity (Wildman–Crippen MR) is 236 cm³/mol. The summed E-state index contributed by atoms with van der Waals surface area (Å²) in [5.74, 6) is 0.823. The zero-order valence-electron chi connectivity index (χ0n) is 35.7. The van der Waals surface area contributed by atoms with Crippen molar-refractivity contribution in [3.63, 3.8) is 0 Å². The SMILES string of the molecule is C=CCO[C@@]12Oc3ccc(OC(=O)NCCCCCCCCCCCC)cc3[C@H]3[C@H](CCCCO)[C@@H](CCCCO)C=C(C(=NOC)C[C@@H]1SCCc1cnccn1)[C@H]32. The van der Waals surface area contributed by atoms with Crippen LogP contribution in [-0.4, -0.2) is 82.3 Å². The Morgan fingerprint density at radius 3 is 2.46 bits per heavy atom. The van der Waals surface area contributed by atoms with Crippen LogP contribution < -0.4 is 14.8 Å². The van der Waals surface area contributed by atoms with E-state index < -0.39 is 11.9 Å². The van der Waals surface area contributed by atoms with Gasteiger partial charge in [-0.25, -0.2) is 4.79 Å². The van der Waals surface area contributed by atoms with Gasteiger partial charge in [-0.3, -0.25) is 9.97 Å². The van der Waals surface area contributed by atoms with Crippen molar-refractivity contribution in [1.82, 2.24) is 15.3 Å². The van der Waals surface area contributed by atoms with E-state index in [1.165, 1.54) is 51.4 Å². The Kier molecular flexibility index (Phi) is 20.0. The van der Waals surface area contributed by atoms with Crippen molar-refractivity contribution in [1.29, 1.82) is 0 Å². The second-order valence-corrected chi connectivity index (χ2v) is 17.6. The summed E-state index contributed by atoms with van der Waals surface area (Å²) >= 11 is 1.79. The molecule has 3 aliphatic rings. The number of nitrogens with one attached hydrogen (secondary N) is 1. The predicted octanol–water partition coefficient (Wildman–Crippen LogP) is 9.73. The van der Waals surface area contributed by atoms with Gasteiger partial charge >= 0.3 is 6.09 Å². The quantitative estimate of drug-likeness (QED) is 0.0431. The van der Waals surface area contributed by atoms with Crippen molar-refractivity contribution in [2.24, 2.45) is 22.9 Å². The van der Waals surface area contributed by atoms with Gasteiger partial charge in [-0.2, -0.15) is 11.8 Å². The van der Waals surface area contributed by atoms with E-state index in [4.69, 9.17) is 19.0 Å². The smallest absolute Gasteiger partial charge is 0.412 e. The van der Waals surface area contributed by atoms with Gasteiger partial charge in [-0.05, 0) is 73.5 Å². The third kappa shape index (κ3) is 13.0. The fourth-order valence-corrected chi connectivity index (χ4v) is 10.7. The van der Waals surface area contributed by atoms with Crippen LogP contribution >= 0.6 is 11.8 Å². The van der Waals surface area contributed by atoms with Gasteiger partial charge in [0.25, 0.3) is 0 Å². The molecule has 1 aromatic carbocycles. The molecule has 0 unspecified atom stereocenters. The Bertz CT molecular complexity index is 1630. The number of fused-ring (bicyclic) bond motifs is 2. The second-order valence-electron chi connectivity index (χ2n) is 16.2. The highest BCUT2D eigenvalue weighted by atomic mass is 32.2. The van der Waals surface area contributed by atoms with Gasteiger partial charge < -0.3 is 34.6 Å². The number of carbonyl (C=O) groups is 1. The maximum atomic E-state index is 13.2. The first-order chi connectivity index (χ1) is 29.0. The summed E-state index contributed by atoms with van der Waals surface area (Å²) in [6.07, 6.45) is 27.5. The molecular weight excluding hydrogens is 765 g/mol. The lowest BCUT2D eigenvalue weighted by molar-refractivity contribution is -0.223. The number of amides is 1. The maximum Gasteiger partial charge on any atom is 0.412 e. The molecule has 3 N–H and O–H groups in total. The lowest BCUT2D eigenvalue weighted by atomic mass is 9.56. The first-order valence-electron chi connectivity index (χ1n) is 22.4. The minimum absolute atomic E-state index is 0.0925. The van der Waals surface area contributed by atoms with Crippen LogP contribution in [-0.2, 0) is 16.0 Å². The number of nitrogens with zero attached hydrogens (tertiary/aromatic N) is 3. The molecule has 1 saturated carbocycles. The summed E-state index contributed by atoms with van der Waals surface area (Å²) in [6, 6.07) is 5.73. The molecule has 12 heteroatoms. The van der Waals surface area contributed by atoms with Crippen LogP contribution in [0.1, 0.15) is 133 Å². The Morgan fingerprint density at radius 1 is 1.02 bits per heavy atom. The summed E-state index contributed by atoms with van der Waals surface area (Å²) in [5, 5.41) is 27.1. The third-order valence-electron chi connectivity index (χ3n) is 12.1. The highest BCUT2D eigenvalue weighted by Crippen LogP contribution is 2.62. The van der Waals surface area contributed by atoms with Crippen molar-refractivity contribution < 1.29 is 34.1 Å². The lowest BCUT2D eigenvalue weighted by Crippen LogP contribution is -2.64. The number of allylic oxidation sites excluding steroid dienone is 1. The van der Waals surface area contributed by atoms with Gasteiger partial charge in [0.05, 0.1) is 29.2 Å². The van der Waals surface area contributed by atoms with Crippen LogP contribution in [0.2, 0.25) is 0 Å². The number of aliphatic hydroxyl groups is 2. The zero-order valence-corrected chi connectivity index (χ0v) is 36.5. The molecule has 1 aromatic heterocycles. The van der Waals surface area contributed by atoms with Gasteiger partial charge in [0.15, 0.2) is 0 Å². The molecule has 5 rings (SSSR count). The normalized spacial score (nSPS) is 23.8. The van der Waals surface area contributed by atoms with E-state index in [0.29, 0.717) is 37.5 Å². The number of benzene rings is 1. The van der Waals surface area contributed by atoms with Gasteiger partial charge in [0, 0.05) is 62.7 Å². The second kappa shape index (κ2) is 25.4. The van der Waals surface area contributed by atoms with Gasteiger partial charge in [0.2, 0.25) is 5.79 Å². The Labute approximate surface area is 357 Å². The zero-order chi connectivity index (χ0) is 41.7. The van der Waals surface area contributed by atoms with Crippen molar-refractivity contribution >= 4 is 23.6 Å². The molecule has 0 bridgehead atoms. The van der Waals surface area contributed by atoms with Crippen LogP contribution in [0.3, 0.4) is 0 Å². The highest BCUT2D eigenvalue weighted by molar-refractivity contribution is 8.00. The number of thioether (sulfide) groups is 1. The fourth-order valence-electron chi connectivity index (χ4n) is 9.36.